The standard InChI is InChI=1S/C26H23OP/c27-26(23-15-7-2-8-16-23)28(24-17-9-3-10-18-24,25-19-11-4-12-20-25)21-22-13-5-1-6-14-22/h1-20,28H,21H2. The van der Waals surface area contributed by atoms with Crippen LogP contribution in [-0.4, -0.2) is 5.52 Å². The Morgan fingerprint density at radius 2 is 0.929 bits per heavy atom. The van der Waals surface area contributed by atoms with Gasteiger partial charge in [0.25, 0.3) is 0 Å². The Morgan fingerprint density at radius 3 is 1.39 bits per heavy atom. The molecule has 4 aromatic rings. The molecule has 0 N–H and O–H groups in total. The Balaban J connectivity index is 1.98. The average molecular weight is 382 g/mol. The molecule has 1 nitrogen and oxygen atoms in total. The first-order valence-electron chi connectivity index (χ1n) is 9.55. The van der Waals surface area contributed by atoms with Crippen LogP contribution in [0, 0.1) is 0 Å². The first kappa shape index (κ1) is 18.3. The van der Waals surface area contributed by atoms with Crippen molar-refractivity contribution in [3.8, 4) is 0 Å². The Labute approximate surface area is 167 Å². The van der Waals surface area contributed by atoms with E-state index in [0.717, 1.165) is 22.3 Å². The summed E-state index contributed by atoms with van der Waals surface area (Å²) in [7, 11) is -2.77. The Bertz CT molecular complexity index is 989. The third kappa shape index (κ3) is 3.54. The van der Waals surface area contributed by atoms with Crippen LogP contribution in [0.3, 0.4) is 0 Å². The zero-order valence-corrected chi connectivity index (χ0v) is 16.7. The topological polar surface area (TPSA) is 17.1 Å². The van der Waals surface area contributed by atoms with Gasteiger partial charge >= 0.3 is 167 Å². The van der Waals surface area contributed by atoms with Crippen LogP contribution in [0.1, 0.15) is 15.9 Å². The van der Waals surface area contributed by atoms with Crippen molar-refractivity contribution < 1.29 is 4.79 Å². The van der Waals surface area contributed by atoms with E-state index in [1.807, 2.05) is 72.8 Å². The monoisotopic (exact) mass is 382 g/mol. The van der Waals surface area contributed by atoms with Gasteiger partial charge < -0.3 is 0 Å². The predicted octanol–water partition coefficient (Wildman–Crippen LogP) is 5.43. The summed E-state index contributed by atoms with van der Waals surface area (Å²) >= 11 is 0. The first-order valence-corrected chi connectivity index (χ1v) is 11.8. The molecule has 28 heavy (non-hydrogen) atoms. The van der Waals surface area contributed by atoms with Gasteiger partial charge in [-0.3, -0.25) is 0 Å². The van der Waals surface area contributed by atoms with Crippen LogP contribution in [0.5, 0.6) is 0 Å². The van der Waals surface area contributed by atoms with Crippen molar-refractivity contribution in [3.63, 3.8) is 0 Å². The molecular weight excluding hydrogens is 359 g/mol. The molecule has 4 aromatic carbocycles. The fourth-order valence-corrected chi connectivity index (χ4v) is 8.35. The summed E-state index contributed by atoms with van der Waals surface area (Å²) in [4.78, 5) is 14.1. The van der Waals surface area contributed by atoms with Crippen LogP contribution < -0.4 is 10.6 Å². The summed E-state index contributed by atoms with van der Waals surface area (Å²) in [5.41, 5.74) is 2.25. The molecule has 0 saturated carbocycles. The molecule has 0 saturated heterocycles. The fraction of sp³-hybridized carbons (Fsp3) is 0.0385. The first-order chi connectivity index (χ1) is 13.8. The zero-order chi connectivity index (χ0) is 19.2. The third-order valence-electron chi connectivity index (χ3n) is 5.27. The van der Waals surface area contributed by atoms with E-state index in [4.69, 9.17) is 0 Å². The molecule has 0 aliphatic carbocycles. The second kappa shape index (κ2) is 8.33. The summed E-state index contributed by atoms with van der Waals surface area (Å²) in [6.07, 6.45) is 0.746. The Kier molecular flexibility index (Phi) is 5.46. The summed E-state index contributed by atoms with van der Waals surface area (Å²) in [5.74, 6) is 0. The van der Waals surface area contributed by atoms with E-state index in [2.05, 4.69) is 48.5 Å². The molecule has 0 fully saturated rings. The molecule has 0 unspecified atom stereocenters. The van der Waals surface area contributed by atoms with Crippen molar-refractivity contribution in [1.82, 2.24) is 0 Å². The number of benzene rings is 4. The summed E-state index contributed by atoms with van der Waals surface area (Å²) in [6.45, 7) is 0. The van der Waals surface area contributed by atoms with Gasteiger partial charge in [0.15, 0.2) is 0 Å². The van der Waals surface area contributed by atoms with Gasteiger partial charge in [-0.2, -0.15) is 0 Å². The second-order valence-electron chi connectivity index (χ2n) is 6.99. The molecule has 138 valence electrons. The van der Waals surface area contributed by atoms with Crippen LogP contribution in [0.2, 0.25) is 0 Å². The summed E-state index contributed by atoms with van der Waals surface area (Å²) in [6, 6.07) is 40.9. The van der Waals surface area contributed by atoms with Crippen molar-refractivity contribution in [2.45, 2.75) is 6.16 Å². The third-order valence-corrected chi connectivity index (χ3v) is 9.91. The van der Waals surface area contributed by atoms with E-state index in [1.54, 1.807) is 0 Å². The summed E-state index contributed by atoms with van der Waals surface area (Å²) in [5, 5.41) is 2.30. The van der Waals surface area contributed by atoms with E-state index < -0.39 is 7.26 Å². The molecule has 0 aliphatic heterocycles. The average Bonchev–Trinajstić information content (AvgIpc) is 2.79. The van der Waals surface area contributed by atoms with Gasteiger partial charge in [0, 0.05) is 0 Å². The van der Waals surface area contributed by atoms with Crippen molar-refractivity contribution in [3.05, 3.63) is 132 Å². The molecule has 0 amide bonds. The van der Waals surface area contributed by atoms with Gasteiger partial charge in [-0.15, -0.1) is 0 Å². The van der Waals surface area contributed by atoms with Crippen molar-refractivity contribution in [2.75, 3.05) is 0 Å². The van der Waals surface area contributed by atoms with E-state index in [9.17, 15) is 4.79 Å². The van der Waals surface area contributed by atoms with Gasteiger partial charge in [0.05, 0.1) is 0 Å². The van der Waals surface area contributed by atoms with Crippen molar-refractivity contribution >= 4 is 23.4 Å². The van der Waals surface area contributed by atoms with Gasteiger partial charge in [-0.25, -0.2) is 0 Å². The molecule has 2 heteroatoms. The predicted molar refractivity (Wildman–Crippen MR) is 121 cm³/mol. The normalized spacial score (nSPS) is 11.7. The SMILES string of the molecule is O=C(c1ccccc1)[PH](Cc1ccccc1)(c1ccccc1)c1ccccc1. The molecule has 0 aliphatic rings. The van der Waals surface area contributed by atoms with Crippen LogP contribution >= 0.6 is 7.26 Å². The maximum atomic E-state index is 14.1. The zero-order valence-electron chi connectivity index (χ0n) is 15.7. The van der Waals surface area contributed by atoms with Crippen LogP contribution in [-0.2, 0) is 6.16 Å². The van der Waals surface area contributed by atoms with Crippen LogP contribution in [0.15, 0.2) is 121 Å². The molecule has 0 heterocycles. The quantitative estimate of drug-likeness (QED) is 0.407. The van der Waals surface area contributed by atoms with Crippen molar-refractivity contribution in [1.29, 1.82) is 0 Å². The van der Waals surface area contributed by atoms with Gasteiger partial charge in [0.2, 0.25) is 0 Å². The molecular formula is C26H23OP. The minimum absolute atomic E-state index is 0.259. The van der Waals surface area contributed by atoms with Crippen LogP contribution in [0.4, 0.5) is 0 Å². The molecule has 0 spiro atoms. The van der Waals surface area contributed by atoms with E-state index >= 15 is 0 Å². The van der Waals surface area contributed by atoms with Gasteiger partial charge in [-0.1, -0.05) is 0 Å². The maximum absolute atomic E-state index is 14.1. The number of carbonyl (C=O) groups excluding carboxylic acids is 1. The number of hydrogen-bond acceptors (Lipinski definition) is 1. The van der Waals surface area contributed by atoms with E-state index in [0.29, 0.717) is 0 Å². The van der Waals surface area contributed by atoms with Gasteiger partial charge in [-0.05, 0) is 0 Å². The van der Waals surface area contributed by atoms with Gasteiger partial charge in [0.1, 0.15) is 0 Å². The Hall–Kier alpha value is -3.02. The molecule has 0 bridgehead atoms. The fourth-order valence-electron chi connectivity index (χ4n) is 3.90. The Morgan fingerprint density at radius 1 is 0.536 bits per heavy atom. The van der Waals surface area contributed by atoms with Crippen molar-refractivity contribution in [2.24, 2.45) is 0 Å². The number of carbonyl (C=O) groups is 1. The van der Waals surface area contributed by atoms with Crippen LogP contribution in [0.25, 0.3) is 0 Å². The van der Waals surface area contributed by atoms with E-state index in [-0.39, 0.29) is 5.52 Å². The van der Waals surface area contributed by atoms with E-state index in [1.165, 1.54) is 5.56 Å². The number of rotatable bonds is 6. The summed E-state index contributed by atoms with van der Waals surface area (Å²) < 4.78 is 0. The molecule has 0 aromatic heterocycles. The molecule has 0 radical (unpaired) electrons. The molecule has 4 rings (SSSR count). The molecule has 0 atom stereocenters. The minimum atomic E-state index is -2.77. The number of hydrogen-bond donors (Lipinski definition) is 0. The second-order valence-corrected chi connectivity index (χ2v) is 10.8.